The van der Waals surface area contributed by atoms with Crippen molar-refractivity contribution in [2.75, 3.05) is 18.5 Å². The van der Waals surface area contributed by atoms with Gasteiger partial charge in [0.15, 0.2) is 11.5 Å². The summed E-state index contributed by atoms with van der Waals surface area (Å²) >= 11 is 0. The second kappa shape index (κ2) is 8.77. The maximum absolute atomic E-state index is 12.0. The van der Waals surface area contributed by atoms with Crippen molar-refractivity contribution in [2.45, 2.75) is 20.8 Å². The largest absolute Gasteiger partial charge is 0.490 e. The van der Waals surface area contributed by atoms with Crippen molar-refractivity contribution in [2.24, 2.45) is 0 Å². The first-order valence-corrected chi connectivity index (χ1v) is 8.07. The van der Waals surface area contributed by atoms with E-state index < -0.39 is 0 Å². The molecule has 1 amide bonds. The Balaban J connectivity index is 2.05. The van der Waals surface area contributed by atoms with E-state index in [0.717, 1.165) is 16.8 Å². The number of aryl methyl sites for hydroxylation is 1. The first-order valence-electron chi connectivity index (χ1n) is 8.07. The third-order valence-corrected chi connectivity index (χ3v) is 3.31. The van der Waals surface area contributed by atoms with Crippen LogP contribution in [0.15, 0.2) is 48.5 Å². The van der Waals surface area contributed by atoms with Crippen molar-refractivity contribution in [3.8, 4) is 11.5 Å². The van der Waals surface area contributed by atoms with Crippen LogP contribution in [0.1, 0.15) is 25.0 Å². The molecule has 2 rings (SSSR count). The molecule has 0 aliphatic carbocycles. The van der Waals surface area contributed by atoms with Gasteiger partial charge in [-0.1, -0.05) is 23.8 Å². The van der Waals surface area contributed by atoms with Gasteiger partial charge in [0, 0.05) is 11.8 Å². The average Bonchev–Trinajstić information content (AvgIpc) is 2.57. The number of benzene rings is 2. The fourth-order valence-electron chi connectivity index (χ4n) is 2.16. The minimum absolute atomic E-state index is 0.175. The van der Waals surface area contributed by atoms with Crippen LogP contribution in [0.5, 0.6) is 11.5 Å². The molecule has 0 bridgehead atoms. The number of amides is 1. The normalized spacial score (nSPS) is 10.6. The molecule has 4 nitrogen and oxygen atoms in total. The van der Waals surface area contributed by atoms with Gasteiger partial charge < -0.3 is 14.8 Å². The topological polar surface area (TPSA) is 47.6 Å². The highest BCUT2D eigenvalue weighted by molar-refractivity contribution is 6.01. The Morgan fingerprint density at radius 2 is 1.67 bits per heavy atom. The predicted molar refractivity (Wildman–Crippen MR) is 97.6 cm³/mol. The van der Waals surface area contributed by atoms with Gasteiger partial charge in [-0.3, -0.25) is 4.79 Å². The summed E-state index contributed by atoms with van der Waals surface area (Å²) in [5.41, 5.74) is 2.80. The van der Waals surface area contributed by atoms with Crippen LogP contribution >= 0.6 is 0 Å². The molecule has 126 valence electrons. The molecule has 4 heteroatoms. The molecule has 0 saturated heterocycles. The molecular weight excluding hydrogens is 302 g/mol. The quantitative estimate of drug-likeness (QED) is 0.765. The van der Waals surface area contributed by atoms with Gasteiger partial charge in [-0.05, 0) is 56.7 Å². The molecule has 0 saturated carbocycles. The molecule has 0 unspecified atom stereocenters. The number of ether oxygens (including phenoxy) is 2. The van der Waals surface area contributed by atoms with Gasteiger partial charge in [-0.25, -0.2) is 0 Å². The Bertz CT molecular complexity index is 705. The van der Waals surface area contributed by atoms with E-state index in [1.807, 2.05) is 63.2 Å². The van der Waals surface area contributed by atoms with Gasteiger partial charge in [-0.15, -0.1) is 0 Å². The highest BCUT2D eigenvalue weighted by Crippen LogP contribution is 2.29. The van der Waals surface area contributed by atoms with Gasteiger partial charge in [0.1, 0.15) is 0 Å². The van der Waals surface area contributed by atoms with Crippen molar-refractivity contribution in [1.82, 2.24) is 0 Å². The molecule has 0 heterocycles. The lowest BCUT2D eigenvalue weighted by Gasteiger charge is -2.11. The molecule has 0 aliphatic rings. The van der Waals surface area contributed by atoms with E-state index >= 15 is 0 Å². The summed E-state index contributed by atoms with van der Waals surface area (Å²) in [6, 6.07) is 13.3. The Morgan fingerprint density at radius 1 is 1.00 bits per heavy atom. The summed E-state index contributed by atoms with van der Waals surface area (Å²) in [7, 11) is 0. The number of nitrogens with one attached hydrogen (secondary N) is 1. The minimum atomic E-state index is -0.175. The standard InChI is InChI=1S/C20H23NO3/c1-4-23-18-12-8-16(14-19(18)24-5-2)9-13-20(22)21-17-10-6-15(3)7-11-17/h6-14H,4-5H2,1-3H3,(H,21,22)/b13-9+. The fourth-order valence-corrected chi connectivity index (χ4v) is 2.16. The highest BCUT2D eigenvalue weighted by Gasteiger charge is 2.05. The number of carbonyl (C=O) groups is 1. The highest BCUT2D eigenvalue weighted by atomic mass is 16.5. The van der Waals surface area contributed by atoms with Crippen molar-refractivity contribution in [3.05, 3.63) is 59.7 Å². The summed E-state index contributed by atoms with van der Waals surface area (Å²) in [5, 5.41) is 2.83. The molecule has 1 N–H and O–H groups in total. The number of carbonyl (C=O) groups excluding carboxylic acids is 1. The summed E-state index contributed by atoms with van der Waals surface area (Å²) in [5.74, 6) is 1.21. The van der Waals surface area contributed by atoms with Gasteiger partial charge in [0.2, 0.25) is 5.91 Å². The smallest absolute Gasteiger partial charge is 0.248 e. The molecule has 0 fully saturated rings. The third-order valence-electron chi connectivity index (χ3n) is 3.31. The lowest BCUT2D eigenvalue weighted by atomic mass is 10.2. The predicted octanol–water partition coefficient (Wildman–Crippen LogP) is 4.44. The SMILES string of the molecule is CCOc1ccc(/C=C/C(=O)Nc2ccc(C)cc2)cc1OCC. The zero-order chi connectivity index (χ0) is 17.4. The van der Waals surface area contributed by atoms with E-state index in [1.54, 1.807) is 6.08 Å². The van der Waals surface area contributed by atoms with Crippen molar-refractivity contribution in [3.63, 3.8) is 0 Å². The van der Waals surface area contributed by atoms with Crippen LogP contribution in [0.3, 0.4) is 0 Å². The van der Waals surface area contributed by atoms with Gasteiger partial charge >= 0.3 is 0 Å². The molecule has 2 aromatic carbocycles. The Labute approximate surface area is 143 Å². The second-order valence-corrected chi connectivity index (χ2v) is 5.26. The number of anilines is 1. The Hall–Kier alpha value is -2.75. The number of rotatable bonds is 7. The first kappa shape index (κ1) is 17.6. The van der Waals surface area contributed by atoms with E-state index in [2.05, 4.69) is 5.32 Å². The molecular formula is C20H23NO3. The minimum Gasteiger partial charge on any atom is -0.490 e. The molecule has 0 aliphatic heterocycles. The molecule has 24 heavy (non-hydrogen) atoms. The maximum Gasteiger partial charge on any atom is 0.248 e. The lowest BCUT2D eigenvalue weighted by molar-refractivity contribution is -0.111. The van der Waals surface area contributed by atoms with Crippen molar-refractivity contribution >= 4 is 17.7 Å². The summed E-state index contributed by atoms with van der Waals surface area (Å²) in [6.45, 7) is 6.99. The van der Waals surface area contributed by atoms with E-state index in [4.69, 9.17) is 9.47 Å². The average molecular weight is 325 g/mol. The summed E-state index contributed by atoms with van der Waals surface area (Å²) in [6.07, 6.45) is 3.26. The monoisotopic (exact) mass is 325 g/mol. The molecule has 2 aromatic rings. The van der Waals surface area contributed by atoms with Gasteiger partial charge in [0.25, 0.3) is 0 Å². The fraction of sp³-hybridized carbons (Fsp3) is 0.250. The van der Waals surface area contributed by atoms with E-state index in [1.165, 1.54) is 6.08 Å². The van der Waals surface area contributed by atoms with Crippen LogP contribution in [0.2, 0.25) is 0 Å². The van der Waals surface area contributed by atoms with Crippen molar-refractivity contribution in [1.29, 1.82) is 0 Å². The van der Waals surface area contributed by atoms with Crippen molar-refractivity contribution < 1.29 is 14.3 Å². The van der Waals surface area contributed by atoms with Crippen LogP contribution in [0.4, 0.5) is 5.69 Å². The molecule has 0 spiro atoms. The lowest BCUT2D eigenvalue weighted by Crippen LogP contribution is -2.07. The number of hydrogen-bond acceptors (Lipinski definition) is 3. The summed E-state index contributed by atoms with van der Waals surface area (Å²) in [4.78, 5) is 12.0. The molecule has 0 radical (unpaired) electrons. The summed E-state index contributed by atoms with van der Waals surface area (Å²) < 4.78 is 11.1. The maximum atomic E-state index is 12.0. The zero-order valence-corrected chi connectivity index (χ0v) is 14.3. The Kier molecular flexibility index (Phi) is 6.43. The molecule has 0 atom stereocenters. The van der Waals surface area contributed by atoms with Crippen LogP contribution in [0.25, 0.3) is 6.08 Å². The van der Waals surface area contributed by atoms with Gasteiger partial charge in [-0.2, -0.15) is 0 Å². The van der Waals surface area contributed by atoms with Crippen LogP contribution in [0, 0.1) is 6.92 Å². The van der Waals surface area contributed by atoms with Crippen LogP contribution in [-0.2, 0) is 4.79 Å². The second-order valence-electron chi connectivity index (χ2n) is 5.26. The molecule has 0 aromatic heterocycles. The van der Waals surface area contributed by atoms with Crippen LogP contribution < -0.4 is 14.8 Å². The number of hydrogen-bond donors (Lipinski definition) is 1. The Morgan fingerprint density at radius 3 is 2.33 bits per heavy atom. The van der Waals surface area contributed by atoms with E-state index in [0.29, 0.717) is 24.7 Å². The first-order chi connectivity index (χ1) is 11.6. The zero-order valence-electron chi connectivity index (χ0n) is 14.3. The third kappa shape index (κ3) is 5.16. The van der Waals surface area contributed by atoms with E-state index in [9.17, 15) is 4.79 Å². The van der Waals surface area contributed by atoms with Gasteiger partial charge in [0.05, 0.1) is 13.2 Å². The van der Waals surface area contributed by atoms with Crippen LogP contribution in [-0.4, -0.2) is 19.1 Å². The van der Waals surface area contributed by atoms with E-state index in [-0.39, 0.29) is 5.91 Å².